The topological polar surface area (TPSA) is 74.0 Å². The number of hydrazone groups is 1. The number of hydrogen-bond donors (Lipinski definition) is 1. The first-order valence-electron chi connectivity index (χ1n) is 7.83. The predicted octanol–water partition coefficient (Wildman–Crippen LogP) is 5.05. The van der Waals surface area contributed by atoms with Gasteiger partial charge in [-0.1, -0.05) is 18.2 Å². The van der Waals surface area contributed by atoms with Gasteiger partial charge >= 0.3 is 0 Å². The molecule has 0 radical (unpaired) electrons. The van der Waals surface area contributed by atoms with Crippen LogP contribution in [0.15, 0.2) is 53.2 Å². The second kappa shape index (κ2) is 7.04. The molecule has 3 heterocycles. The number of fused-ring (bicyclic) bond motifs is 1. The Morgan fingerprint density at radius 1 is 1.23 bits per heavy atom. The van der Waals surface area contributed by atoms with E-state index in [1.165, 1.54) is 0 Å². The van der Waals surface area contributed by atoms with Crippen LogP contribution in [-0.2, 0) is 0 Å². The van der Waals surface area contributed by atoms with Crippen LogP contribution in [0, 0.1) is 18.3 Å². The Morgan fingerprint density at radius 2 is 2.15 bits per heavy atom. The number of rotatable bonds is 4. The van der Waals surface area contributed by atoms with Crippen LogP contribution in [0.5, 0.6) is 0 Å². The molecule has 0 atom stereocenters. The van der Waals surface area contributed by atoms with Crippen LogP contribution in [0.3, 0.4) is 0 Å². The van der Waals surface area contributed by atoms with Crippen LogP contribution < -0.4 is 5.43 Å². The molecule has 4 aromatic rings. The lowest BCUT2D eigenvalue weighted by Crippen LogP contribution is -1.93. The third-order valence-corrected chi connectivity index (χ3v) is 6.01. The fourth-order valence-electron chi connectivity index (χ4n) is 2.63. The third-order valence-electron chi connectivity index (χ3n) is 3.86. The largest absolute Gasteiger partial charge is 0.260 e. The minimum absolute atomic E-state index is 0.643. The van der Waals surface area contributed by atoms with E-state index in [0.29, 0.717) is 11.4 Å². The van der Waals surface area contributed by atoms with Gasteiger partial charge in [-0.25, -0.2) is 9.97 Å². The number of nitrogens with one attached hydrogen (secondary N) is 1. The zero-order valence-electron chi connectivity index (χ0n) is 13.8. The monoisotopic (exact) mass is 375 g/mol. The molecule has 5 nitrogen and oxygen atoms in total. The SMILES string of the molecule is Cc1c(-c2cccc(C#N)c2)sc2c(N/N=C/c3cccs3)ncnc12. The Kier molecular flexibility index (Phi) is 4.44. The Labute approximate surface area is 158 Å². The summed E-state index contributed by atoms with van der Waals surface area (Å²) in [7, 11) is 0. The highest BCUT2D eigenvalue weighted by molar-refractivity contribution is 7.23. The molecule has 7 heteroatoms. The van der Waals surface area contributed by atoms with Crippen molar-refractivity contribution in [3.05, 3.63) is 64.1 Å². The number of nitrogens with zero attached hydrogens (tertiary/aromatic N) is 4. The Bertz CT molecular complexity index is 1140. The van der Waals surface area contributed by atoms with E-state index < -0.39 is 0 Å². The number of nitriles is 1. The summed E-state index contributed by atoms with van der Waals surface area (Å²) in [6, 6.07) is 13.8. The predicted molar refractivity (Wildman–Crippen MR) is 108 cm³/mol. The molecular formula is C19H13N5S2. The molecule has 0 aliphatic heterocycles. The average Bonchev–Trinajstić information content (AvgIpc) is 3.31. The van der Waals surface area contributed by atoms with Gasteiger partial charge in [-0.2, -0.15) is 10.4 Å². The molecule has 0 unspecified atom stereocenters. The summed E-state index contributed by atoms with van der Waals surface area (Å²) in [6.45, 7) is 2.04. The lowest BCUT2D eigenvalue weighted by atomic mass is 10.1. The van der Waals surface area contributed by atoms with Crippen LogP contribution in [0.25, 0.3) is 20.7 Å². The molecule has 0 aliphatic rings. The summed E-state index contributed by atoms with van der Waals surface area (Å²) < 4.78 is 0.950. The quantitative estimate of drug-likeness (QED) is 0.400. The summed E-state index contributed by atoms with van der Waals surface area (Å²) in [5, 5.41) is 15.4. The summed E-state index contributed by atoms with van der Waals surface area (Å²) in [4.78, 5) is 10.9. The van der Waals surface area contributed by atoms with Crippen molar-refractivity contribution in [3.63, 3.8) is 0 Å². The van der Waals surface area contributed by atoms with E-state index in [9.17, 15) is 0 Å². The first-order chi connectivity index (χ1) is 12.8. The lowest BCUT2D eigenvalue weighted by Gasteiger charge is -1.99. The normalized spacial score (nSPS) is 11.1. The van der Waals surface area contributed by atoms with Gasteiger partial charge in [-0.15, -0.1) is 22.7 Å². The van der Waals surface area contributed by atoms with Crippen molar-refractivity contribution in [3.8, 4) is 16.5 Å². The van der Waals surface area contributed by atoms with Gasteiger partial charge in [0.15, 0.2) is 5.82 Å². The fourth-order valence-corrected chi connectivity index (χ4v) is 4.41. The number of anilines is 1. The number of benzene rings is 1. The Balaban J connectivity index is 1.73. The van der Waals surface area contributed by atoms with Gasteiger partial charge < -0.3 is 0 Å². The molecule has 1 N–H and O–H groups in total. The van der Waals surface area contributed by atoms with Crippen molar-refractivity contribution < 1.29 is 0 Å². The highest BCUT2D eigenvalue weighted by atomic mass is 32.1. The molecule has 0 fully saturated rings. The number of thiophene rings is 2. The molecule has 1 aromatic carbocycles. The summed E-state index contributed by atoms with van der Waals surface area (Å²) in [5.74, 6) is 0.679. The van der Waals surface area contributed by atoms with Crippen molar-refractivity contribution in [1.29, 1.82) is 5.26 Å². The van der Waals surface area contributed by atoms with E-state index in [-0.39, 0.29) is 0 Å². The molecule has 0 aliphatic carbocycles. The van der Waals surface area contributed by atoms with Crippen LogP contribution in [0.4, 0.5) is 5.82 Å². The maximum absolute atomic E-state index is 9.14. The molecule has 126 valence electrons. The molecule has 4 rings (SSSR count). The molecule has 0 spiro atoms. The number of aromatic nitrogens is 2. The maximum Gasteiger partial charge on any atom is 0.167 e. The smallest absolute Gasteiger partial charge is 0.167 e. The summed E-state index contributed by atoms with van der Waals surface area (Å²) in [5.41, 5.74) is 6.65. The van der Waals surface area contributed by atoms with E-state index in [4.69, 9.17) is 5.26 Å². The van der Waals surface area contributed by atoms with Crippen molar-refractivity contribution in [2.24, 2.45) is 5.10 Å². The van der Waals surface area contributed by atoms with Crippen molar-refractivity contribution in [1.82, 2.24) is 9.97 Å². The summed E-state index contributed by atoms with van der Waals surface area (Å²) in [6.07, 6.45) is 3.32. The minimum Gasteiger partial charge on any atom is -0.260 e. The van der Waals surface area contributed by atoms with Crippen LogP contribution in [-0.4, -0.2) is 16.2 Å². The molecule has 0 amide bonds. The summed E-state index contributed by atoms with van der Waals surface area (Å²) >= 11 is 3.23. The van der Waals surface area contributed by atoms with Gasteiger partial charge in [0.25, 0.3) is 0 Å². The van der Waals surface area contributed by atoms with Gasteiger partial charge in [0.2, 0.25) is 0 Å². The zero-order chi connectivity index (χ0) is 17.9. The van der Waals surface area contributed by atoms with Gasteiger partial charge in [0.05, 0.1) is 28.1 Å². The first kappa shape index (κ1) is 16.4. The van der Waals surface area contributed by atoms with Crippen LogP contribution in [0.1, 0.15) is 16.0 Å². The van der Waals surface area contributed by atoms with E-state index in [2.05, 4.69) is 26.6 Å². The molecule has 3 aromatic heterocycles. The number of aryl methyl sites for hydroxylation is 1. The van der Waals surface area contributed by atoms with Crippen molar-refractivity contribution >= 4 is 44.9 Å². The first-order valence-corrected chi connectivity index (χ1v) is 9.53. The van der Waals surface area contributed by atoms with Gasteiger partial charge in [-0.3, -0.25) is 5.43 Å². The zero-order valence-corrected chi connectivity index (χ0v) is 15.4. The molecule has 0 saturated carbocycles. The van der Waals surface area contributed by atoms with E-state index >= 15 is 0 Å². The van der Waals surface area contributed by atoms with Gasteiger partial charge in [-0.05, 0) is 41.6 Å². The van der Waals surface area contributed by atoms with Crippen molar-refractivity contribution in [2.75, 3.05) is 5.43 Å². The maximum atomic E-state index is 9.14. The van der Waals surface area contributed by atoms with Crippen LogP contribution in [0.2, 0.25) is 0 Å². The van der Waals surface area contributed by atoms with Crippen molar-refractivity contribution in [2.45, 2.75) is 6.92 Å². The van der Waals surface area contributed by atoms with Gasteiger partial charge in [0, 0.05) is 9.75 Å². The second-order valence-corrected chi connectivity index (χ2v) is 7.53. The minimum atomic E-state index is 0.643. The average molecular weight is 375 g/mol. The van der Waals surface area contributed by atoms with Crippen LogP contribution >= 0.6 is 22.7 Å². The molecule has 0 bridgehead atoms. The van der Waals surface area contributed by atoms with Gasteiger partial charge in [0.1, 0.15) is 6.33 Å². The van der Waals surface area contributed by atoms with E-state index in [1.807, 2.05) is 42.6 Å². The standard InChI is InChI=1S/C19H13N5S2/c1-12-16-18(26-17(12)14-5-2-4-13(8-14)9-20)19(22-11-21-16)24-23-10-15-6-3-7-25-15/h2-8,10-11H,1H3,(H,21,22,24)/b23-10+. The Hall–Kier alpha value is -3.08. The molecule has 0 saturated heterocycles. The number of hydrogen-bond acceptors (Lipinski definition) is 7. The molecular weight excluding hydrogens is 362 g/mol. The highest BCUT2D eigenvalue weighted by Gasteiger charge is 2.15. The van der Waals surface area contributed by atoms with E-state index in [1.54, 1.807) is 41.3 Å². The molecule has 26 heavy (non-hydrogen) atoms. The second-order valence-electron chi connectivity index (χ2n) is 5.53. The lowest BCUT2D eigenvalue weighted by molar-refractivity contribution is 1.18. The highest BCUT2D eigenvalue weighted by Crippen LogP contribution is 2.39. The van der Waals surface area contributed by atoms with E-state index in [0.717, 1.165) is 31.1 Å². The third kappa shape index (κ3) is 3.08. The fraction of sp³-hybridized carbons (Fsp3) is 0.0526. The Morgan fingerprint density at radius 3 is 2.96 bits per heavy atom.